The highest BCUT2D eigenvalue weighted by molar-refractivity contribution is 7.92. The Hall–Kier alpha value is -2.09. The third-order valence-electron chi connectivity index (χ3n) is 7.45. The van der Waals surface area contributed by atoms with Crippen LogP contribution in [0.3, 0.4) is 0 Å². The van der Waals surface area contributed by atoms with Crippen LogP contribution < -0.4 is 0 Å². The van der Waals surface area contributed by atoms with Crippen LogP contribution in [0.15, 0.2) is 48.5 Å². The van der Waals surface area contributed by atoms with Crippen LogP contribution in [0.2, 0.25) is 10.0 Å². The number of hydrogen-bond donors (Lipinski definition) is 1. The van der Waals surface area contributed by atoms with Gasteiger partial charge >= 0.3 is 5.97 Å². The summed E-state index contributed by atoms with van der Waals surface area (Å²) in [6.07, 6.45) is 1.66. The summed E-state index contributed by atoms with van der Waals surface area (Å²) >= 11 is 12.5. The van der Waals surface area contributed by atoms with Gasteiger partial charge < -0.3 is 10.0 Å². The van der Waals surface area contributed by atoms with Crippen LogP contribution in [0.25, 0.3) is 0 Å². The van der Waals surface area contributed by atoms with Crippen LogP contribution in [-0.4, -0.2) is 47.3 Å². The molecule has 0 aromatic heterocycles. The largest absolute Gasteiger partial charge is 0.481 e. The zero-order valence-corrected chi connectivity index (χ0v) is 22.7. The van der Waals surface area contributed by atoms with Crippen molar-refractivity contribution in [2.24, 2.45) is 5.41 Å². The average molecular weight is 553 g/mol. The number of carboxylic acids is 1. The molecule has 36 heavy (non-hydrogen) atoms. The molecule has 1 amide bonds. The van der Waals surface area contributed by atoms with E-state index in [-0.39, 0.29) is 35.7 Å². The summed E-state index contributed by atoms with van der Waals surface area (Å²) in [5.41, 5.74) is 0.479. The zero-order valence-electron chi connectivity index (χ0n) is 20.4. The first kappa shape index (κ1) is 27.0. The first-order valence-electron chi connectivity index (χ1n) is 12.2. The first-order valence-corrected chi connectivity index (χ1v) is 14.7. The molecule has 1 saturated heterocycles. The highest BCUT2D eigenvalue weighted by Crippen LogP contribution is 2.52. The summed E-state index contributed by atoms with van der Waals surface area (Å²) in [7, 11) is -3.39. The topological polar surface area (TPSA) is 91.8 Å². The van der Waals surface area contributed by atoms with E-state index in [1.54, 1.807) is 30.0 Å². The van der Waals surface area contributed by atoms with E-state index in [0.29, 0.717) is 29.3 Å². The molecule has 2 aromatic carbocycles. The third kappa shape index (κ3) is 5.58. The summed E-state index contributed by atoms with van der Waals surface area (Å²) in [5.74, 6) is -1.85. The second-order valence-corrected chi connectivity index (χ2v) is 13.5. The Morgan fingerprint density at radius 2 is 1.78 bits per heavy atom. The van der Waals surface area contributed by atoms with Gasteiger partial charge in [0, 0.05) is 22.0 Å². The lowest BCUT2D eigenvalue weighted by Gasteiger charge is -2.51. The smallest absolute Gasteiger partial charge is 0.304 e. The Labute approximate surface area is 222 Å². The molecule has 1 N–H and O–H groups in total. The number of piperidine rings is 1. The number of carbonyl (C=O) groups is 2. The Morgan fingerprint density at radius 1 is 1.11 bits per heavy atom. The molecular formula is C27H31Cl2NO5S. The fourth-order valence-corrected chi connectivity index (χ4v) is 7.89. The Morgan fingerprint density at radius 3 is 2.33 bits per heavy atom. The highest BCUT2D eigenvalue weighted by atomic mass is 35.5. The predicted molar refractivity (Wildman–Crippen MR) is 141 cm³/mol. The van der Waals surface area contributed by atoms with Crippen LogP contribution in [0, 0.1) is 5.41 Å². The second-order valence-electron chi connectivity index (χ2n) is 10.3. The maximum atomic E-state index is 14.2. The zero-order chi connectivity index (χ0) is 26.3. The quantitative estimate of drug-likeness (QED) is 0.419. The SMILES string of the molecule is CCC(CS(=O)(=O)C1CC1)N1C(=O)C(C)(CC(=O)O)CC(c2cccc(Cl)c2)C1c1ccc(Cl)cc1. The number of carbonyl (C=O) groups excluding carboxylic acids is 1. The lowest BCUT2D eigenvalue weighted by atomic mass is 9.67. The van der Waals surface area contributed by atoms with Crippen LogP contribution in [-0.2, 0) is 19.4 Å². The average Bonchev–Trinajstić information content (AvgIpc) is 3.66. The molecule has 0 radical (unpaired) electrons. The van der Waals surface area contributed by atoms with E-state index >= 15 is 0 Å². The van der Waals surface area contributed by atoms with E-state index in [4.69, 9.17) is 23.2 Å². The normalized spacial score (nSPS) is 25.6. The molecule has 9 heteroatoms. The summed E-state index contributed by atoms with van der Waals surface area (Å²) in [6.45, 7) is 3.55. The van der Waals surface area contributed by atoms with Crippen molar-refractivity contribution in [3.05, 3.63) is 69.7 Å². The molecule has 1 heterocycles. The van der Waals surface area contributed by atoms with E-state index < -0.39 is 33.3 Å². The fraction of sp³-hybridized carbons (Fsp3) is 0.481. The number of aliphatic carboxylic acids is 1. The Balaban J connectivity index is 1.89. The summed E-state index contributed by atoms with van der Waals surface area (Å²) in [5, 5.41) is 10.4. The number of halogens is 2. The van der Waals surface area contributed by atoms with Gasteiger partial charge in [-0.2, -0.15) is 0 Å². The Kier molecular flexibility index (Phi) is 7.75. The maximum absolute atomic E-state index is 14.2. The van der Waals surface area contributed by atoms with Gasteiger partial charge in [0.15, 0.2) is 9.84 Å². The number of hydrogen-bond acceptors (Lipinski definition) is 4. The van der Waals surface area contributed by atoms with Gasteiger partial charge in [-0.25, -0.2) is 8.42 Å². The number of benzene rings is 2. The maximum Gasteiger partial charge on any atom is 0.304 e. The molecule has 4 rings (SSSR count). The summed E-state index contributed by atoms with van der Waals surface area (Å²) in [6, 6.07) is 13.5. The van der Waals surface area contributed by atoms with Crippen LogP contribution in [0.5, 0.6) is 0 Å². The van der Waals surface area contributed by atoms with Crippen molar-refractivity contribution >= 4 is 44.9 Å². The number of sulfone groups is 1. The van der Waals surface area contributed by atoms with Gasteiger partial charge in [-0.1, -0.05) is 61.3 Å². The van der Waals surface area contributed by atoms with Crippen LogP contribution in [0.4, 0.5) is 0 Å². The molecule has 1 aliphatic heterocycles. The van der Waals surface area contributed by atoms with Crippen molar-refractivity contribution in [3.63, 3.8) is 0 Å². The van der Waals surface area contributed by atoms with Gasteiger partial charge in [0.25, 0.3) is 0 Å². The van der Waals surface area contributed by atoms with E-state index in [1.165, 1.54) is 0 Å². The number of carboxylic acid groups (broad SMARTS) is 1. The van der Waals surface area contributed by atoms with E-state index in [0.717, 1.165) is 11.1 Å². The van der Waals surface area contributed by atoms with E-state index in [1.807, 2.05) is 37.3 Å². The molecular weight excluding hydrogens is 521 g/mol. The molecule has 2 aliphatic rings. The molecule has 4 atom stereocenters. The van der Waals surface area contributed by atoms with Crippen molar-refractivity contribution in [2.75, 3.05) is 5.75 Å². The van der Waals surface area contributed by atoms with Crippen molar-refractivity contribution in [3.8, 4) is 0 Å². The molecule has 1 aliphatic carbocycles. The molecule has 2 aromatic rings. The molecule has 6 nitrogen and oxygen atoms in total. The van der Waals surface area contributed by atoms with Gasteiger partial charge in [0.05, 0.1) is 28.9 Å². The second kappa shape index (κ2) is 10.3. The minimum atomic E-state index is -3.39. The van der Waals surface area contributed by atoms with Crippen LogP contribution in [0.1, 0.15) is 69.0 Å². The number of amides is 1. The van der Waals surface area contributed by atoms with Gasteiger partial charge in [0.2, 0.25) is 5.91 Å². The monoisotopic (exact) mass is 551 g/mol. The lowest BCUT2D eigenvalue weighted by molar-refractivity contribution is -0.160. The molecule has 0 bridgehead atoms. The molecule has 2 fully saturated rings. The molecule has 1 saturated carbocycles. The fourth-order valence-electron chi connectivity index (χ4n) is 5.51. The third-order valence-corrected chi connectivity index (χ3v) is 10.3. The van der Waals surface area contributed by atoms with Gasteiger partial charge in [-0.15, -0.1) is 0 Å². The summed E-state index contributed by atoms with van der Waals surface area (Å²) in [4.78, 5) is 27.7. The van der Waals surface area contributed by atoms with Crippen molar-refractivity contribution in [1.82, 2.24) is 4.90 Å². The highest BCUT2D eigenvalue weighted by Gasteiger charge is 2.53. The van der Waals surface area contributed by atoms with Gasteiger partial charge in [-0.3, -0.25) is 9.59 Å². The van der Waals surface area contributed by atoms with Gasteiger partial charge in [0.1, 0.15) is 0 Å². The molecule has 0 spiro atoms. The summed E-state index contributed by atoms with van der Waals surface area (Å²) < 4.78 is 26.1. The standard InChI is InChI=1S/C27H31Cl2NO5S/c1-3-21(16-36(34,35)22-11-12-22)30-25(17-7-9-19(28)10-8-17)23(18-5-4-6-20(29)13-18)14-27(2,26(30)33)15-24(31)32/h4-10,13,21-23,25H,3,11-12,14-16H2,1-2H3,(H,31,32). The predicted octanol–water partition coefficient (Wildman–Crippen LogP) is 5.89. The minimum absolute atomic E-state index is 0.143. The van der Waals surface area contributed by atoms with E-state index in [2.05, 4.69) is 0 Å². The number of nitrogens with zero attached hydrogens (tertiary/aromatic N) is 1. The number of likely N-dealkylation sites (tertiary alicyclic amines) is 1. The first-order chi connectivity index (χ1) is 16.9. The van der Waals surface area contributed by atoms with E-state index in [9.17, 15) is 23.1 Å². The number of rotatable bonds is 9. The molecule has 194 valence electrons. The molecule has 4 unspecified atom stereocenters. The van der Waals surface area contributed by atoms with Crippen molar-refractivity contribution in [1.29, 1.82) is 0 Å². The van der Waals surface area contributed by atoms with Gasteiger partial charge in [-0.05, 0) is 61.1 Å². The van der Waals surface area contributed by atoms with Crippen molar-refractivity contribution in [2.45, 2.75) is 69.2 Å². The van der Waals surface area contributed by atoms with Crippen LogP contribution >= 0.6 is 23.2 Å². The minimum Gasteiger partial charge on any atom is -0.481 e. The Bertz CT molecular complexity index is 1250. The lowest BCUT2D eigenvalue weighted by Crippen LogP contribution is -2.57. The van der Waals surface area contributed by atoms with Crippen molar-refractivity contribution < 1.29 is 23.1 Å².